The second-order valence-corrected chi connectivity index (χ2v) is 8.71. The number of hydrogen-bond donors (Lipinski definition) is 0. The van der Waals surface area contributed by atoms with E-state index in [4.69, 9.17) is 14.2 Å². The number of allylic oxidation sites excluding steroid dienone is 2. The number of aromatic nitrogens is 1. The summed E-state index contributed by atoms with van der Waals surface area (Å²) >= 11 is 1.27. The first-order valence-electron chi connectivity index (χ1n) is 11.1. The quantitative estimate of drug-likeness (QED) is 0.474. The molecule has 4 rings (SSSR count). The van der Waals surface area contributed by atoms with Gasteiger partial charge in [-0.2, -0.15) is 0 Å². The van der Waals surface area contributed by atoms with E-state index < -0.39 is 12.0 Å². The largest absolute Gasteiger partial charge is 0.497 e. The molecule has 2 aromatic carbocycles. The minimum atomic E-state index is -0.782. The fourth-order valence-electron chi connectivity index (χ4n) is 3.96. The molecule has 8 heteroatoms. The van der Waals surface area contributed by atoms with Gasteiger partial charge in [-0.3, -0.25) is 9.36 Å². The molecule has 0 spiro atoms. The van der Waals surface area contributed by atoms with Crippen LogP contribution in [0.2, 0.25) is 0 Å². The summed E-state index contributed by atoms with van der Waals surface area (Å²) in [6, 6.07) is 14.3. The molecule has 7 nitrogen and oxygen atoms in total. The van der Waals surface area contributed by atoms with Crippen molar-refractivity contribution in [3.8, 4) is 11.5 Å². The van der Waals surface area contributed by atoms with Gasteiger partial charge in [0.25, 0.3) is 5.56 Å². The molecular weight excluding hydrogens is 464 g/mol. The van der Waals surface area contributed by atoms with Gasteiger partial charge in [0, 0.05) is 5.56 Å². The van der Waals surface area contributed by atoms with E-state index in [-0.39, 0.29) is 17.7 Å². The molecule has 3 aromatic rings. The number of thiazole rings is 1. The molecule has 35 heavy (non-hydrogen) atoms. The lowest BCUT2D eigenvalue weighted by atomic mass is 9.95. The molecule has 0 fully saturated rings. The summed E-state index contributed by atoms with van der Waals surface area (Å²) in [7, 11) is 3.10. The summed E-state index contributed by atoms with van der Waals surface area (Å²) in [6.45, 7) is 3.69. The number of rotatable bonds is 7. The summed E-state index contributed by atoms with van der Waals surface area (Å²) in [5.41, 5.74) is 2.16. The van der Waals surface area contributed by atoms with Gasteiger partial charge in [-0.05, 0) is 43.7 Å². The average molecular weight is 491 g/mol. The minimum Gasteiger partial charge on any atom is -0.497 e. The van der Waals surface area contributed by atoms with E-state index in [0.717, 1.165) is 5.56 Å². The summed E-state index contributed by atoms with van der Waals surface area (Å²) in [6.07, 6.45) is 5.53. The maximum absolute atomic E-state index is 13.6. The monoisotopic (exact) mass is 490 g/mol. The standard InChI is InChI=1S/C27H26N2O5S/c1-5-34-26(31)23-17(2)28-27-29(24(23)20-16-19(32-3)14-15-21(20)33-4)25(30)22(35-27)13-9-12-18-10-7-6-8-11-18/h6-16,24H,5H2,1-4H3/b12-9+,22-13+/t24-/m1/s1. The first kappa shape index (κ1) is 24.2. The van der Waals surface area contributed by atoms with Crippen molar-refractivity contribution in [3.63, 3.8) is 0 Å². The van der Waals surface area contributed by atoms with E-state index in [1.165, 1.54) is 15.9 Å². The minimum absolute atomic E-state index is 0.201. The van der Waals surface area contributed by atoms with Crippen LogP contribution < -0.4 is 24.4 Å². The number of carbonyl (C=O) groups is 1. The predicted octanol–water partition coefficient (Wildman–Crippen LogP) is 3.48. The highest BCUT2D eigenvalue weighted by Gasteiger charge is 2.35. The Hall–Kier alpha value is -3.91. The summed E-state index contributed by atoms with van der Waals surface area (Å²) < 4.78 is 18.4. The van der Waals surface area contributed by atoms with E-state index in [9.17, 15) is 9.59 Å². The second-order valence-electron chi connectivity index (χ2n) is 7.70. The van der Waals surface area contributed by atoms with Crippen molar-refractivity contribution < 1.29 is 19.0 Å². The lowest BCUT2D eigenvalue weighted by molar-refractivity contribution is -0.139. The molecule has 1 aromatic heterocycles. The van der Waals surface area contributed by atoms with Crippen molar-refractivity contribution in [3.05, 3.63) is 96.7 Å². The highest BCUT2D eigenvalue weighted by Crippen LogP contribution is 2.37. The number of nitrogens with zero attached hydrogens (tertiary/aromatic N) is 2. The van der Waals surface area contributed by atoms with E-state index in [2.05, 4.69) is 4.99 Å². The molecule has 0 bridgehead atoms. The third-order valence-electron chi connectivity index (χ3n) is 5.58. The Morgan fingerprint density at radius 2 is 1.91 bits per heavy atom. The first-order chi connectivity index (χ1) is 17.0. The van der Waals surface area contributed by atoms with Crippen LogP contribution in [0.5, 0.6) is 11.5 Å². The lowest BCUT2D eigenvalue weighted by Crippen LogP contribution is -2.40. The number of methoxy groups -OCH3 is 2. The van der Waals surface area contributed by atoms with Crippen LogP contribution in [0.3, 0.4) is 0 Å². The first-order valence-corrected chi connectivity index (χ1v) is 11.9. The molecule has 0 radical (unpaired) electrons. The van der Waals surface area contributed by atoms with Crippen molar-refractivity contribution in [2.24, 2.45) is 4.99 Å². The highest BCUT2D eigenvalue weighted by atomic mass is 32.1. The van der Waals surface area contributed by atoms with Crippen LogP contribution >= 0.6 is 11.3 Å². The van der Waals surface area contributed by atoms with Crippen molar-refractivity contribution in [2.45, 2.75) is 19.9 Å². The smallest absolute Gasteiger partial charge is 0.338 e. The Bertz CT molecular complexity index is 1480. The summed E-state index contributed by atoms with van der Waals surface area (Å²) in [5, 5.41) is 0. The van der Waals surface area contributed by atoms with Gasteiger partial charge in [-0.15, -0.1) is 0 Å². The Labute approximate surface area is 206 Å². The summed E-state index contributed by atoms with van der Waals surface area (Å²) in [4.78, 5) is 31.8. The van der Waals surface area contributed by atoms with Gasteiger partial charge in [0.1, 0.15) is 17.5 Å². The van der Waals surface area contributed by atoms with Gasteiger partial charge in [0.2, 0.25) is 0 Å². The zero-order valence-electron chi connectivity index (χ0n) is 20.0. The van der Waals surface area contributed by atoms with Crippen molar-refractivity contribution >= 4 is 29.5 Å². The molecule has 1 aliphatic rings. The van der Waals surface area contributed by atoms with Crippen LogP contribution in [0, 0.1) is 0 Å². The molecule has 0 unspecified atom stereocenters. The average Bonchev–Trinajstić information content (AvgIpc) is 3.18. The molecule has 1 atom stereocenters. The number of fused-ring (bicyclic) bond motifs is 1. The number of carbonyl (C=O) groups excluding carboxylic acids is 1. The van der Waals surface area contributed by atoms with Crippen LogP contribution in [0.4, 0.5) is 0 Å². The Kier molecular flexibility index (Phi) is 7.31. The number of benzene rings is 2. The van der Waals surface area contributed by atoms with Gasteiger partial charge >= 0.3 is 5.97 Å². The molecule has 2 heterocycles. The molecular formula is C27H26N2O5S. The second kappa shape index (κ2) is 10.6. The SMILES string of the molecule is CCOC(=O)C1=C(C)N=c2s/c(=C/C=C/c3ccccc3)c(=O)n2[C@@H]1c1cc(OC)ccc1OC. The lowest BCUT2D eigenvalue weighted by Gasteiger charge is -2.26. The van der Waals surface area contributed by atoms with Crippen LogP contribution in [-0.2, 0) is 9.53 Å². The Morgan fingerprint density at radius 1 is 1.14 bits per heavy atom. The zero-order valence-corrected chi connectivity index (χ0v) is 20.8. The van der Waals surface area contributed by atoms with Crippen molar-refractivity contribution in [2.75, 3.05) is 20.8 Å². The maximum atomic E-state index is 13.6. The van der Waals surface area contributed by atoms with Crippen LogP contribution in [0.25, 0.3) is 12.2 Å². The molecule has 0 N–H and O–H groups in total. The third kappa shape index (κ3) is 4.83. The van der Waals surface area contributed by atoms with E-state index in [1.54, 1.807) is 52.3 Å². The number of ether oxygens (including phenoxy) is 3. The van der Waals surface area contributed by atoms with Crippen LogP contribution in [0.1, 0.15) is 31.0 Å². The molecule has 0 amide bonds. The Balaban J connectivity index is 1.93. The molecule has 0 aliphatic carbocycles. The third-order valence-corrected chi connectivity index (χ3v) is 6.59. The number of esters is 1. The fourth-order valence-corrected chi connectivity index (χ4v) is 4.96. The number of hydrogen-bond acceptors (Lipinski definition) is 7. The van der Waals surface area contributed by atoms with Crippen LogP contribution in [-0.4, -0.2) is 31.4 Å². The predicted molar refractivity (Wildman–Crippen MR) is 136 cm³/mol. The van der Waals surface area contributed by atoms with E-state index >= 15 is 0 Å². The maximum Gasteiger partial charge on any atom is 0.338 e. The summed E-state index contributed by atoms with van der Waals surface area (Å²) in [5.74, 6) is 0.569. The topological polar surface area (TPSA) is 79.1 Å². The molecule has 0 saturated heterocycles. The molecule has 0 saturated carbocycles. The van der Waals surface area contributed by atoms with Gasteiger partial charge < -0.3 is 14.2 Å². The normalized spacial score (nSPS) is 15.7. The fraction of sp³-hybridized carbons (Fsp3) is 0.222. The van der Waals surface area contributed by atoms with Crippen molar-refractivity contribution in [1.29, 1.82) is 0 Å². The van der Waals surface area contributed by atoms with Gasteiger partial charge in [0.15, 0.2) is 4.80 Å². The van der Waals surface area contributed by atoms with Crippen molar-refractivity contribution in [1.82, 2.24) is 4.57 Å². The van der Waals surface area contributed by atoms with Gasteiger partial charge in [-0.25, -0.2) is 9.79 Å². The molecule has 1 aliphatic heterocycles. The Morgan fingerprint density at radius 3 is 2.60 bits per heavy atom. The van der Waals surface area contributed by atoms with E-state index in [0.29, 0.717) is 32.1 Å². The van der Waals surface area contributed by atoms with Gasteiger partial charge in [-0.1, -0.05) is 53.8 Å². The zero-order chi connectivity index (χ0) is 24.9. The van der Waals surface area contributed by atoms with E-state index in [1.807, 2.05) is 42.5 Å². The molecule has 180 valence electrons. The highest BCUT2D eigenvalue weighted by molar-refractivity contribution is 7.07. The van der Waals surface area contributed by atoms with Gasteiger partial charge in [0.05, 0.1) is 36.6 Å². The van der Waals surface area contributed by atoms with Crippen LogP contribution in [0.15, 0.2) is 75.7 Å².